The Balaban J connectivity index is 1.23. The Morgan fingerprint density at radius 1 is 0.700 bits per heavy atom. The summed E-state index contributed by atoms with van der Waals surface area (Å²) < 4.78 is 37.0. The number of unbranched alkanes of at least 4 members (excludes halogenated alkanes) is 13. The zero-order valence-corrected chi connectivity index (χ0v) is 36.5. The third kappa shape index (κ3) is 12.3. The zero-order valence-electron chi connectivity index (χ0n) is 34.9. The molecule has 0 fully saturated rings. The second-order valence-corrected chi connectivity index (χ2v) is 17.5. The van der Waals surface area contributed by atoms with Gasteiger partial charge in [0.05, 0.1) is 26.9 Å². The highest BCUT2D eigenvalue weighted by Crippen LogP contribution is 2.30. The fraction of sp³-hybridized carbons (Fsp3) is 0.404. The van der Waals surface area contributed by atoms with Crippen molar-refractivity contribution in [2.45, 2.75) is 108 Å². The van der Waals surface area contributed by atoms with Gasteiger partial charge in [-0.05, 0) is 53.6 Å². The molecule has 5 rings (SSSR count). The SMILES string of the molecule is CCCCCCCCCCCCCCCCNS(=O)(=O)c1ccc(NC(=O)C(OC(=O)c2ccccc2)C(=O)c2c(-c3ccc4ccccc4c3)n(C)c(=O)n2C)c(Cl)c1. The van der Waals surface area contributed by atoms with Gasteiger partial charge in [0.2, 0.25) is 21.9 Å². The number of ketones is 1. The molecule has 0 spiro atoms. The van der Waals surface area contributed by atoms with Crippen molar-refractivity contribution in [1.82, 2.24) is 13.9 Å². The number of nitrogens with one attached hydrogen (secondary N) is 2. The number of amides is 1. The Bertz CT molecular complexity index is 2410. The molecule has 0 bridgehead atoms. The number of imidazole rings is 1. The molecule has 11 nitrogen and oxygen atoms in total. The van der Waals surface area contributed by atoms with E-state index < -0.39 is 39.5 Å². The minimum absolute atomic E-state index is 0.0159. The molecule has 0 saturated heterocycles. The Hall–Kier alpha value is -5.04. The number of hydrogen-bond donors (Lipinski definition) is 2. The topological polar surface area (TPSA) is 146 Å². The molecule has 0 saturated carbocycles. The number of sulfonamides is 1. The Labute approximate surface area is 358 Å². The van der Waals surface area contributed by atoms with E-state index in [1.165, 1.54) is 113 Å². The molecular weight excluding hydrogens is 800 g/mol. The molecule has 1 aromatic heterocycles. The van der Waals surface area contributed by atoms with Crippen molar-refractivity contribution < 1.29 is 27.5 Å². The van der Waals surface area contributed by atoms with Crippen molar-refractivity contribution in [2.75, 3.05) is 11.9 Å². The summed E-state index contributed by atoms with van der Waals surface area (Å²) in [5.41, 5.74) is 0.139. The van der Waals surface area contributed by atoms with Crippen LogP contribution in [0.1, 0.15) is 118 Å². The van der Waals surface area contributed by atoms with E-state index in [1.807, 2.05) is 36.4 Å². The molecule has 0 aliphatic heterocycles. The van der Waals surface area contributed by atoms with E-state index in [2.05, 4.69) is 17.0 Å². The van der Waals surface area contributed by atoms with Gasteiger partial charge in [-0.1, -0.05) is 157 Å². The van der Waals surface area contributed by atoms with Crippen LogP contribution in [0, 0.1) is 0 Å². The average molecular weight is 858 g/mol. The largest absolute Gasteiger partial charge is 0.440 e. The predicted octanol–water partition coefficient (Wildman–Crippen LogP) is 10.0. The number of fused-ring (bicyclic) bond motifs is 1. The van der Waals surface area contributed by atoms with Crippen LogP contribution in [0.25, 0.3) is 22.0 Å². The number of Topliss-reactive ketones (excluding diaryl/α,β-unsaturated/α-hetero) is 1. The van der Waals surface area contributed by atoms with Crippen LogP contribution in [0.3, 0.4) is 0 Å². The molecule has 4 aromatic carbocycles. The van der Waals surface area contributed by atoms with E-state index in [4.69, 9.17) is 16.3 Å². The van der Waals surface area contributed by atoms with Crippen LogP contribution < -0.4 is 15.7 Å². The lowest BCUT2D eigenvalue weighted by molar-refractivity contribution is -0.122. The molecule has 1 atom stereocenters. The number of aromatic nitrogens is 2. The van der Waals surface area contributed by atoms with Crippen LogP contribution in [0.4, 0.5) is 5.69 Å². The highest BCUT2D eigenvalue weighted by atomic mass is 35.5. The van der Waals surface area contributed by atoms with Crippen molar-refractivity contribution in [1.29, 1.82) is 0 Å². The van der Waals surface area contributed by atoms with Gasteiger partial charge in [-0.15, -0.1) is 0 Å². The second-order valence-electron chi connectivity index (χ2n) is 15.3. The van der Waals surface area contributed by atoms with E-state index in [0.29, 0.717) is 12.0 Å². The third-order valence-corrected chi connectivity index (χ3v) is 12.5. The standard InChI is InChI=1S/C47H57ClN4O7S/c1-4-5-6-7-8-9-10-11-12-13-14-15-16-22-31-49-60(57,58)38-29-30-40(39(48)33-38)50-45(54)44(59-46(55)35-24-18-17-19-25-35)43(53)42-41(51(2)47(56)52(42)3)37-28-27-34-23-20-21-26-36(34)32-37/h17-21,23-30,32-33,44,49H,4-16,22,31H2,1-3H3,(H,50,54). The van der Waals surface area contributed by atoms with Crippen LogP contribution >= 0.6 is 11.6 Å². The van der Waals surface area contributed by atoms with E-state index in [1.54, 1.807) is 24.3 Å². The number of carbonyl (C=O) groups is 3. The fourth-order valence-electron chi connectivity index (χ4n) is 7.35. The lowest BCUT2D eigenvalue weighted by Crippen LogP contribution is -2.40. The minimum Gasteiger partial charge on any atom is -0.440 e. The second kappa shape index (κ2) is 22.5. The maximum absolute atomic E-state index is 14.5. The van der Waals surface area contributed by atoms with Crippen molar-refractivity contribution in [3.05, 3.63) is 118 Å². The molecule has 2 N–H and O–H groups in total. The lowest BCUT2D eigenvalue weighted by atomic mass is 10.0. The van der Waals surface area contributed by atoms with Gasteiger partial charge < -0.3 is 10.1 Å². The van der Waals surface area contributed by atoms with E-state index in [-0.39, 0.29) is 39.1 Å². The van der Waals surface area contributed by atoms with Crippen molar-refractivity contribution in [3.8, 4) is 11.3 Å². The molecule has 320 valence electrons. The van der Waals surface area contributed by atoms with Gasteiger partial charge >= 0.3 is 11.7 Å². The van der Waals surface area contributed by atoms with Gasteiger partial charge in [0, 0.05) is 26.2 Å². The van der Waals surface area contributed by atoms with Gasteiger partial charge in [0.1, 0.15) is 5.69 Å². The number of carbonyl (C=O) groups excluding carboxylic acids is 3. The molecule has 5 aromatic rings. The molecule has 1 unspecified atom stereocenters. The van der Waals surface area contributed by atoms with Gasteiger partial charge in [-0.25, -0.2) is 22.7 Å². The maximum Gasteiger partial charge on any atom is 0.339 e. The summed E-state index contributed by atoms with van der Waals surface area (Å²) in [6, 6.07) is 24.7. The third-order valence-electron chi connectivity index (χ3n) is 10.8. The number of hydrogen-bond acceptors (Lipinski definition) is 7. The van der Waals surface area contributed by atoms with Gasteiger partial charge in [-0.3, -0.25) is 18.7 Å². The normalized spacial score (nSPS) is 12.1. The highest BCUT2D eigenvalue weighted by molar-refractivity contribution is 7.89. The van der Waals surface area contributed by atoms with Crippen LogP contribution in [0.15, 0.2) is 101 Å². The number of esters is 1. The summed E-state index contributed by atoms with van der Waals surface area (Å²) in [6.45, 7) is 2.51. The first-order valence-electron chi connectivity index (χ1n) is 21.1. The molecule has 1 heterocycles. The summed E-state index contributed by atoms with van der Waals surface area (Å²) in [7, 11) is -1.00. The molecule has 1 amide bonds. The number of benzene rings is 4. The zero-order chi connectivity index (χ0) is 43.1. The van der Waals surface area contributed by atoms with E-state index in [9.17, 15) is 27.6 Å². The molecule has 0 aliphatic carbocycles. The van der Waals surface area contributed by atoms with Crippen molar-refractivity contribution in [2.24, 2.45) is 14.1 Å². The van der Waals surface area contributed by atoms with Crippen LogP contribution in [-0.2, 0) is 33.7 Å². The summed E-state index contributed by atoms with van der Waals surface area (Å²) >= 11 is 6.53. The average Bonchev–Trinajstić information content (AvgIpc) is 3.48. The smallest absolute Gasteiger partial charge is 0.339 e. The Morgan fingerprint density at radius 2 is 1.28 bits per heavy atom. The summed E-state index contributed by atoms with van der Waals surface area (Å²) in [4.78, 5) is 55.1. The van der Waals surface area contributed by atoms with Gasteiger partial charge in [0.15, 0.2) is 0 Å². The maximum atomic E-state index is 14.5. The van der Waals surface area contributed by atoms with Crippen LogP contribution in [-0.4, -0.2) is 47.9 Å². The summed E-state index contributed by atoms with van der Waals surface area (Å²) in [5, 5.41) is 4.23. The lowest BCUT2D eigenvalue weighted by Gasteiger charge is -2.19. The fourth-order valence-corrected chi connectivity index (χ4v) is 8.75. The predicted molar refractivity (Wildman–Crippen MR) is 239 cm³/mol. The highest BCUT2D eigenvalue weighted by Gasteiger charge is 2.37. The number of nitrogens with zero attached hydrogens (tertiary/aromatic N) is 2. The molecule has 60 heavy (non-hydrogen) atoms. The Kier molecular flexibility index (Phi) is 17.3. The first-order chi connectivity index (χ1) is 28.9. The summed E-state index contributed by atoms with van der Waals surface area (Å²) in [5.74, 6) is -2.96. The van der Waals surface area contributed by atoms with Gasteiger partial charge in [-0.2, -0.15) is 0 Å². The van der Waals surface area contributed by atoms with Gasteiger partial charge in [0.25, 0.3) is 5.91 Å². The first-order valence-corrected chi connectivity index (χ1v) is 22.9. The molecule has 0 radical (unpaired) electrons. The summed E-state index contributed by atoms with van der Waals surface area (Å²) in [6.07, 6.45) is 14.8. The number of ether oxygens (including phenoxy) is 1. The van der Waals surface area contributed by atoms with Crippen molar-refractivity contribution >= 4 is 55.7 Å². The minimum atomic E-state index is -3.92. The Morgan fingerprint density at radius 3 is 1.90 bits per heavy atom. The van der Waals surface area contributed by atoms with E-state index >= 15 is 0 Å². The number of anilines is 1. The van der Waals surface area contributed by atoms with Crippen LogP contribution in [0.5, 0.6) is 0 Å². The molecule has 13 heteroatoms. The number of rotatable bonds is 24. The quantitative estimate of drug-likeness (QED) is 0.0272. The van der Waals surface area contributed by atoms with Crippen LogP contribution in [0.2, 0.25) is 5.02 Å². The van der Waals surface area contributed by atoms with E-state index in [0.717, 1.165) is 34.6 Å². The van der Waals surface area contributed by atoms with Crippen molar-refractivity contribution in [3.63, 3.8) is 0 Å². The molecular formula is C47H57ClN4O7S. The number of halogens is 1. The molecule has 0 aliphatic rings. The first kappa shape index (κ1) is 46.0. The monoisotopic (exact) mass is 856 g/mol.